The van der Waals surface area contributed by atoms with Crippen molar-refractivity contribution in [2.24, 2.45) is 0 Å². The number of hydrogen-bond acceptors (Lipinski definition) is 3. The van der Waals surface area contributed by atoms with Gasteiger partial charge < -0.3 is 15.4 Å². The molecule has 0 saturated heterocycles. The molecule has 0 saturated carbocycles. The maximum absolute atomic E-state index is 11.5. The summed E-state index contributed by atoms with van der Waals surface area (Å²) < 4.78 is 0. The van der Waals surface area contributed by atoms with Gasteiger partial charge in [0.2, 0.25) is 11.8 Å². The molecule has 0 heterocycles. The van der Waals surface area contributed by atoms with Crippen LogP contribution in [0.5, 0.6) is 0 Å². The van der Waals surface area contributed by atoms with Crippen molar-refractivity contribution in [3.05, 3.63) is 0 Å². The molecule has 5 nitrogen and oxygen atoms in total. The van der Waals surface area contributed by atoms with Gasteiger partial charge in [-0.05, 0) is 32.6 Å². The Bertz CT molecular complexity index is 275. The van der Waals surface area contributed by atoms with Gasteiger partial charge in [0.25, 0.3) is 0 Å². The molecular formula is C15H28N2O3. The first-order valence-corrected chi connectivity index (χ1v) is 7.53. The van der Waals surface area contributed by atoms with Crippen LogP contribution in [0.3, 0.4) is 0 Å². The highest BCUT2D eigenvalue weighted by molar-refractivity contribution is 5.76. The van der Waals surface area contributed by atoms with Gasteiger partial charge in [-0.3, -0.25) is 9.59 Å². The van der Waals surface area contributed by atoms with E-state index >= 15 is 0 Å². The molecule has 0 aromatic carbocycles. The first-order valence-electron chi connectivity index (χ1n) is 7.53. The summed E-state index contributed by atoms with van der Waals surface area (Å²) in [5.74, 6) is 0.317. The van der Waals surface area contributed by atoms with Gasteiger partial charge in [0.1, 0.15) is 5.78 Å². The smallest absolute Gasteiger partial charge is 0.219 e. The van der Waals surface area contributed by atoms with E-state index in [4.69, 9.17) is 0 Å². The van der Waals surface area contributed by atoms with E-state index in [1.807, 2.05) is 0 Å². The van der Waals surface area contributed by atoms with Crippen molar-refractivity contribution in [3.63, 3.8) is 0 Å². The van der Waals surface area contributed by atoms with Gasteiger partial charge in [-0.25, -0.2) is 0 Å². The Balaban J connectivity index is 3.24. The molecule has 0 aliphatic carbocycles. The minimum atomic E-state index is -0.00693. The summed E-state index contributed by atoms with van der Waals surface area (Å²) >= 11 is 0. The van der Waals surface area contributed by atoms with E-state index in [-0.39, 0.29) is 17.6 Å². The Morgan fingerprint density at radius 2 is 1.25 bits per heavy atom. The Labute approximate surface area is 121 Å². The standard InChI is InChI=1S/C15H28N2O3/c1-13(18)9-5-3-8-12-17-15(20)10-6-4-7-11-16-14(2)19/h3-12H2,1-2H3,(H,16,19)(H,17,20). The zero-order valence-electron chi connectivity index (χ0n) is 12.8. The molecule has 0 aliphatic heterocycles. The summed E-state index contributed by atoms with van der Waals surface area (Å²) in [5.41, 5.74) is 0. The first kappa shape index (κ1) is 18.6. The van der Waals surface area contributed by atoms with E-state index in [0.29, 0.717) is 25.9 Å². The average molecular weight is 284 g/mol. The molecule has 0 atom stereocenters. The third kappa shape index (κ3) is 14.7. The second-order valence-corrected chi connectivity index (χ2v) is 5.16. The monoisotopic (exact) mass is 284 g/mol. The summed E-state index contributed by atoms with van der Waals surface area (Å²) in [6, 6.07) is 0. The van der Waals surface area contributed by atoms with Crippen molar-refractivity contribution in [1.82, 2.24) is 10.6 Å². The van der Waals surface area contributed by atoms with Gasteiger partial charge >= 0.3 is 0 Å². The third-order valence-corrected chi connectivity index (χ3v) is 2.98. The molecule has 2 amide bonds. The van der Waals surface area contributed by atoms with Crippen LogP contribution in [0.4, 0.5) is 0 Å². The quantitative estimate of drug-likeness (QED) is 0.538. The fourth-order valence-corrected chi connectivity index (χ4v) is 1.84. The van der Waals surface area contributed by atoms with Crippen molar-refractivity contribution in [2.75, 3.05) is 13.1 Å². The summed E-state index contributed by atoms with van der Waals surface area (Å²) in [6.45, 7) is 4.49. The molecule has 0 aromatic heterocycles. The highest BCUT2D eigenvalue weighted by Gasteiger charge is 2.01. The van der Waals surface area contributed by atoms with Gasteiger partial charge in [0, 0.05) is 32.9 Å². The van der Waals surface area contributed by atoms with E-state index in [1.165, 1.54) is 6.92 Å². The Kier molecular flexibility index (Phi) is 11.8. The Morgan fingerprint density at radius 3 is 1.80 bits per heavy atom. The molecular weight excluding hydrogens is 256 g/mol. The van der Waals surface area contributed by atoms with Crippen LogP contribution in [-0.2, 0) is 14.4 Å². The molecule has 20 heavy (non-hydrogen) atoms. The molecule has 0 bridgehead atoms. The maximum Gasteiger partial charge on any atom is 0.219 e. The van der Waals surface area contributed by atoms with Crippen molar-refractivity contribution < 1.29 is 14.4 Å². The number of Topliss-reactive ketones (excluding diaryl/α,β-unsaturated/α-hetero) is 1. The number of amides is 2. The fraction of sp³-hybridized carbons (Fsp3) is 0.800. The molecule has 0 rings (SSSR count). The molecule has 0 aliphatic rings. The first-order chi connectivity index (χ1) is 9.52. The van der Waals surface area contributed by atoms with Crippen LogP contribution in [0.25, 0.3) is 0 Å². The molecule has 0 spiro atoms. The zero-order valence-corrected chi connectivity index (χ0v) is 12.8. The number of carbonyl (C=O) groups excluding carboxylic acids is 3. The van der Waals surface area contributed by atoms with Crippen LogP contribution in [0, 0.1) is 0 Å². The lowest BCUT2D eigenvalue weighted by Gasteiger charge is -2.05. The van der Waals surface area contributed by atoms with E-state index in [2.05, 4.69) is 10.6 Å². The highest BCUT2D eigenvalue weighted by Crippen LogP contribution is 2.01. The van der Waals surface area contributed by atoms with Crippen molar-refractivity contribution in [2.45, 2.75) is 65.2 Å². The average Bonchev–Trinajstić information content (AvgIpc) is 2.37. The summed E-state index contributed by atoms with van der Waals surface area (Å²) in [5, 5.41) is 5.62. The molecule has 2 N–H and O–H groups in total. The van der Waals surface area contributed by atoms with Gasteiger partial charge in [0.15, 0.2) is 0 Å². The predicted octanol–water partition coefficient (Wildman–Crippen LogP) is 1.95. The van der Waals surface area contributed by atoms with E-state index in [9.17, 15) is 14.4 Å². The number of hydrogen-bond donors (Lipinski definition) is 2. The van der Waals surface area contributed by atoms with Gasteiger partial charge in [-0.1, -0.05) is 12.8 Å². The topological polar surface area (TPSA) is 75.3 Å². The highest BCUT2D eigenvalue weighted by atomic mass is 16.2. The lowest BCUT2D eigenvalue weighted by molar-refractivity contribution is -0.121. The number of ketones is 1. The minimum absolute atomic E-state index is 0.00693. The zero-order chi connectivity index (χ0) is 15.2. The van der Waals surface area contributed by atoms with E-state index in [0.717, 1.165) is 38.5 Å². The normalized spacial score (nSPS) is 10.1. The predicted molar refractivity (Wildman–Crippen MR) is 79.3 cm³/mol. The second kappa shape index (κ2) is 12.6. The van der Waals surface area contributed by atoms with Crippen LogP contribution in [0.15, 0.2) is 0 Å². The number of unbranched alkanes of at least 4 members (excludes halogenated alkanes) is 4. The fourth-order valence-electron chi connectivity index (χ4n) is 1.84. The van der Waals surface area contributed by atoms with Crippen LogP contribution < -0.4 is 10.6 Å². The van der Waals surface area contributed by atoms with Gasteiger partial charge in [-0.15, -0.1) is 0 Å². The Hall–Kier alpha value is -1.39. The lowest BCUT2D eigenvalue weighted by atomic mass is 10.1. The second-order valence-electron chi connectivity index (χ2n) is 5.16. The third-order valence-electron chi connectivity index (χ3n) is 2.98. The van der Waals surface area contributed by atoms with Crippen molar-refractivity contribution in [1.29, 1.82) is 0 Å². The summed E-state index contributed by atoms with van der Waals surface area (Å²) in [6.07, 6.45) is 6.74. The van der Waals surface area contributed by atoms with Gasteiger partial charge in [-0.2, -0.15) is 0 Å². The molecule has 5 heteroatoms. The SMILES string of the molecule is CC(=O)CCCCCNC(=O)CCCCCNC(C)=O. The molecule has 0 fully saturated rings. The van der Waals surface area contributed by atoms with Crippen LogP contribution in [-0.4, -0.2) is 30.7 Å². The van der Waals surface area contributed by atoms with Crippen LogP contribution >= 0.6 is 0 Å². The number of carbonyl (C=O) groups is 3. The Morgan fingerprint density at radius 1 is 0.700 bits per heavy atom. The molecule has 0 radical (unpaired) electrons. The van der Waals surface area contributed by atoms with Crippen molar-refractivity contribution >= 4 is 17.6 Å². The van der Waals surface area contributed by atoms with Gasteiger partial charge in [0.05, 0.1) is 0 Å². The maximum atomic E-state index is 11.5. The molecule has 0 unspecified atom stereocenters. The van der Waals surface area contributed by atoms with Crippen LogP contribution in [0.1, 0.15) is 65.2 Å². The lowest BCUT2D eigenvalue weighted by Crippen LogP contribution is -2.24. The van der Waals surface area contributed by atoms with Crippen LogP contribution in [0.2, 0.25) is 0 Å². The van der Waals surface area contributed by atoms with Crippen molar-refractivity contribution in [3.8, 4) is 0 Å². The van der Waals surface area contributed by atoms with E-state index < -0.39 is 0 Å². The molecule has 116 valence electrons. The molecule has 0 aromatic rings. The summed E-state index contributed by atoms with van der Waals surface area (Å²) in [7, 11) is 0. The summed E-state index contributed by atoms with van der Waals surface area (Å²) in [4.78, 5) is 32.8. The minimum Gasteiger partial charge on any atom is -0.356 e. The number of nitrogens with one attached hydrogen (secondary N) is 2. The number of rotatable bonds is 12. The van der Waals surface area contributed by atoms with E-state index in [1.54, 1.807) is 6.92 Å². The largest absolute Gasteiger partial charge is 0.356 e.